The van der Waals surface area contributed by atoms with Gasteiger partial charge in [0.1, 0.15) is 0 Å². The fourth-order valence-electron chi connectivity index (χ4n) is 2.39. The van der Waals surface area contributed by atoms with Crippen LogP contribution in [0.15, 0.2) is 11.1 Å². The highest BCUT2D eigenvalue weighted by molar-refractivity contribution is 5.88. The molecule has 0 N–H and O–H groups in total. The zero-order valence-electron chi connectivity index (χ0n) is 9.88. The molecule has 0 atom stereocenters. The Hall–Kier alpha value is -0.870. The first-order chi connectivity index (χ1) is 7.67. The molecule has 16 heavy (non-hydrogen) atoms. The fraction of sp³-hybridized carbons (Fsp3) is 0.750. The van der Waals surface area contributed by atoms with E-state index in [1.165, 1.54) is 12.7 Å². The minimum atomic E-state index is -0.361. The molecule has 0 radical (unpaired) electrons. The van der Waals surface area contributed by atoms with E-state index in [1.54, 1.807) is 0 Å². The van der Waals surface area contributed by atoms with Crippen LogP contribution in [0.25, 0.3) is 0 Å². The SMILES string of the molecule is COC(=O)C(C)=C1CCC2(CC1)OCCO2. The van der Waals surface area contributed by atoms with Crippen molar-refractivity contribution >= 4 is 5.97 Å². The molecule has 0 aromatic rings. The molecule has 90 valence electrons. The zero-order valence-corrected chi connectivity index (χ0v) is 9.88. The molecule has 2 rings (SSSR count). The van der Waals surface area contributed by atoms with Crippen LogP contribution in [0.2, 0.25) is 0 Å². The molecule has 0 aromatic carbocycles. The van der Waals surface area contributed by atoms with Crippen LogP contribution >= 0.6 is 0 Å². The third-order valence-electron chi connectivity index (χ3n) is 3.45. The second-order valence-corrected chi connectivity index (χ2v) is 4.33. The number of esters is 1. The van der Waals surface area contributed by atoms with Gasteiger partial charge in [-0.25, -0.2) is 4.79 Å². The molecular weight excluding hydrogens is 208 g/mol. The van der Waals surface area contributed by atoms with E-state index in [0.29, 0.717) is 13.2 Å². The maximum atomic E-state index is 11.4. The van der Waals surface area contributed by atoms with E-state index in [1.807, 2.05) is 6.92 Å². The predicted molar refractivity (Wildman–Crippen MR) is 57.8 cm³/mol. The highest BCUT2D eigenvalue weighted by atomic mass is 16.7. The average molecular weight is 226 g/mol. The first-order valence-corrected chi connectivity index (χ1v) is 5.72. The van der Waals surface area contributed by atoms with Gasteiger partial charge in [-0.15, -0.1) is 0 Å². The maximum Gasteiger partial charge on any atom is 0.333 e. The average Bonchev–Trinajstić information content (AvgIpc) is 2.77. The summed E-state index contributed by atoms with van der Waals surface area (Å²) in [6, 6.07) is 0. The summed E-state index contributed by atoms with van der Waals surface area (Å²) < 4.78 is 16.0. The Balaban J connectivity index is 2.01. The molecule has 1 aliphatic carbocycles. The number of carbonyl (C=O) groups excluding carboxylic acids is 1. The van der Waals surface area contributed by atoms with E-state index in [0.717, 1.165) is 31.3 Å². The molecule has 4 heteroatoms. The van der Waals surface area contributed by atoms with Gasteiger partial charge in [-0.1, -0.05) is 5.57 Å². The van der Waals surface area contributed by atoms with Gasteiger partial charge in [-0.2, -0.15) is 0 Å². The van der Waals surface area contributed by atoms with Gasteiger partial charge < -0.3 is 14.2 Å². The summed E-state index contributed by atoms with van der Waals surface area (Å²) in [5.41, 5.74) is 1.92. The maximum absolute atomic E-state index is 11.4. The highest BCUT2D eigenvalue weighted by Gasteiger charge is 2.39. The largest absolute Gasteiger partial charge is 0.466 e. The molecule has 0 unspecified atom stereocenters. The van der Waals surface area contributed by atoms with Crippen LogP contribution < -0.4 is 0 Å². The molecule has 0 bridgehead atoms. The number of carbonyl (C=O) groups is 1. The summed E-state index contributed by atoms with van der Waals surface area (Å²) >= 11 is 0. The summed E-state index contributed by atoms with van der Waals surface area (Å²) in [6.07, 6.45) is 3.41. The Morgan fingerprint density at radius 2 is 1.81 bits per heavy atom. The third kappa shape index (κ3) is 2.13. The Labute approximate surface area is 95.6 Å². The second-order valence-electron chi connectivity index (χ2n) is 4.33. The lowest BCUT2D eigenvalue weighted by Gasteiger charge is -2.33. The van der Waals surface area contributed by atoms with E-state index < -0.39 is 0 Å². The number of hydrogen-bond donors (Lipinski definition) is 0. The van der Waals surface area contributed by atoms with Crippen molar-refractivity contribution < 1.29 is 19.0 Å². The smallest absolute Gasteiger partial charge is 0.333 e. The van der Waals surface area contributed by atoms with Gasteiger partial charge >= 0.3 is 5.97 Å². The van der Waals surface area contributed by atoms with Gasteiger partial charge in [0.15, 0.2) is 5.79 Å². The second kappa shape index (κ2) is 4.55. The zero-order chi connectivity index (χ0) is 11.6. The Bertz CT molecular complexity index is 301. The predicted octanol–water partition coefficient (Wildman–Crippen LogP) is 1.79. The first-order valence-electron chi connectivity index (χ1n) is 5.72. The Kier molecular flexibility index (Phi) is 3.30. The van der Waals surface area contributed by atoms with E-state index in [2.05, 4.69) is 0 Å². The molecule has 1 spiro atoms. The molecule has 0 aromatic heterocycles. The first kappa shape index (κ1) is 11.6. The lowest BCUT2D eigenvalue weighted by atomic mass is 9.87. The lowest BCUT2D eigenvalue weighted by molar-refractivity contribution is -0.171. The summed E-state index contributed by atoms with van der Waals surface area (Å²) in [5, 5.41) is 0. The number of ether oxygens (including phenoxy) is 3. The summed E-state index contributed by atoms with van der Waals surface area (Å²) in [7, 11) is 1.42. The third-order valence-corrected chi connectivity index (χ3v) is 3.45. The van der Waals surface area contributed by atoms with Crippen LogP contribution in [0.4, 0.5) is 0 Å². The van der Waals surface area contributed by atoms with Gasteiger partial charge in [0.25, 0.3) is 0 Å². The molecule has 1 aliphatic heterocycles. The molecule has 2 fully saturated rings. The molecule has 2 aliphatic rings. The molecule has 4 nitrogen and oxygen atoms in total. The van der Waals surface area contributed by atoms with Crippen LogP contribution in [-0.2, 0) is 19.0 Å². The van der Waals surface area contributed by atoms with Crippen molar-refractivity contribution in [1.29, 1.82) is 0 Å². The lowest BCUT2D eigenvalue weighted by Crippen LogP contribution is -2.33. The van der Waals surface area contributed by atoms with Crippen molar-refractivity contribution in [2.24, 2.45) is 0 Å². The van der Waals surface area contributed by atoms with Gasteiger partial charge in [-0.3, -0.25) is 0 Å². The van der Waals surface area contributed by atoms with Crippen molar-refractivity contribution in [3.63, 3.8) is 0 Å². The topological polar surface area (TPSA) is 44.8 Å². The summed E-state index contributed by atoms with van der Waals surface area (Å²) in [4.78, 5) is 11.4. The number of allylic oxidation sites excluding steroid dienone is 1. The van der Waals surface area contributed by atoms with E-state index in [-0.39, 0.29) is 11.8 Å². The monoisotopic (exact) mass is 226 g/mol. The molecule has 1 saturated carbocycles. The molecular formula is C12H18O4. The van der Waals surface area contributed by atoms with Crippen LogP contribution in [-0.4, -0.2) is 32.1 Å². The van der Waals surface area contributed by atoms with Crippen LogP contribution in [0.1, 0.15) is 32.6 Å². The quantitative estimate of drug-likeness (QED) is 0.505. The van der Waals surface area contributed by atoms with Crippen molar-refractivity contribution in [3.05, 3.63) is 11.1 Å². The van der Waals surface area contributed by atoms with Crippen molar-refractivity contribution in [2.45, 2.75) is 38.4 Å². The van der Waals surface area contributed by atoms with Crippen LogP contribution in [0.5, 0.6) is 0 Å². The molecule has 0 amide bonds. The highest BCUT2D eigenvalue weighted by Crippen LogP contribution is 2.38. The number of rotatable bonds is 1. The molecule has 1 saturated heterocycles. The number of hydrogen-bond acceptors (Lipinski definition) is 4. The fourth-order valence-corrected chi connectivity index (χ4v) is 2.39. The minimum absolute atomic E-state index is 0.223. The minimum Gasteiger partial charge on any atom is -0.466 e. The van der Waals surface area contributed by atoms with E-state index in [4.69, 9.17) is 14.2 Å². The van der Waals surface area contributed by atoms with Gasteiger partial charge in [0, 0.05) is 18.4 Å². The normalized spacial score (nSPS) is 23.5. The standard InChI is InChI=1S/C12H18O4/c1-9(11(13)14-2)10-3-5-12(6-4-10)15-7-8-16-12/h3-8H2,1-2H3. The van der Waals surface area contributed by atoms with Gasteiger partial charge in [0.05, 0.1) is 20.3 Å². The van der Waals surface area contributed by atoms with Crippen molar-refractivity contribution in [1.82, 2.24) is 0 Å². The van der Waals surface area contributed by atoms with E-state index in [9.17, 15) is 4.79 Å². The van der Waals surface area contributed by atoms with Gasteiger partial charge in [0.2, 0.25) is 0 Å². The van der Waals surface area contributed by atoms with Crippen molar-refractivity contribution in [2.75, 3.05) is 20.3 Å². The molecule has 1 heterocycles. The number of methoxy groups -OCH3 is 1. The Morgan fingerprint density at radius 3 is 2.31 bits per heavy atom. The summed E-state index contributed by atoms with van der Waals surface area (Å²) in [6.45, 7) is 3.21. The van der Waals surface area contributed by atoms with Crippen LogP contribution in [0.3, 0.4) is 0 Å². The summed E-state index contributed by atoms with van der Waals surface area (Å²) in [5.74, 6) is -0.584. The van der Waals surface area contributed by atoms with E-state index >= 15 is 0 Å². The van der Waals surface area contributed by atoms with Gasteiger partial charge in [-0.05, 0) is 19.8 Å². The van der Waals surface area contributed by atoms with Crippen LogP contribution in [0, 0.1) is 0 Å². The van der Waals surface area contributed by atoms with Crippen molar-refractivity contribution in [3.8, 4) is 0 Å². The Morgan fingerprint density at radius 1 is 1.25 bits per heavy atom.